The Morgan fingerprint density at radius 1 is 0.212 bits per heavy atom. The molecule has 0 fully saturated rings. The van der Waals surface area contributed by atoms with Crippen LogP contribution < -0.4 is 0 Å². The summed E-state index contributed by atoms with van der Waals surface area (Å²) >= 11 is 0. The summed E-state index contributed by atoms with van der Waals surface area (Å²) in [6.45, 7) is 4.36. The largest absolute Gasteiger partial charge is 0.0622 e. The lowest BCUT2D eigenvalue weighted by molar-refractivity contribution is 1.47. The molecule has 0 saturated heterocycles. The fraction of sp³-hybridized carbons (Fsp3) is 0.0303. The normalized spacial score (nSPS) is 11.8. The van der Waals surface area contributed by atoms with Crippen LogP contribution in [0.3, 0.4) is 0 Å². The Morgan fingerprint density at radius 3 is 0.955 bits per heavy atom. The van der Waals surface area contributed by atoms with E-state index in [9.17, 15) is 0 Å². The van der Waals surface area contributed by atoms with Gasteiger partial charge in [-0.1, -0.05) is 236 Å². The molecule has 0 heterocycles. The summed E-state index contributed by atoms with van der Waals surface area (Å²) in [5, 5.41) is 10.6. The molecule has 12 aromatic rings. The second-order valence-corrected chi connectivity index (χ2v) is 18.0. The summed E-state index contributed by atoms with van der Waals surface area (Å²) in [6, 6.07) is 84.5. The summed E-state index contributed by atoms with van der Waals surface area (Å²) in [5.74, 6) is 0. The van der Waals surface area contributed by atoms with Gasteiger partial charge in [0.1, 0.15) is 0 Å². The van der Waals surface area contributed by atoms with Crippen LogP contribution in [0.25, 0.3) is 132 Å². The molecule has 0 atom stereocenters. The summed E-state index contributed by atoms with van der Waals surface area (Å²) in [6.07, 6.45) is 0. The minimum atomic E-state index is 1.27. The van der Waals surface area contributed by atoms with Gasteiger partial charge in [-0.15, -0.1) is 0 Å². The van der Waals surface area contributed by atoms with Crippen molar-refractivity contribution in [3.8, 4) is 89.0 Å². The lowest BCUT2D eigenvalue weighted by atomic mass is 9.82. The van der Waals surface area contributed by atoms with E-state index < -0.39 is 0 Å². The maximum atomic E-state index is 2.38. The highest BCUT2D eigenvalue weighted by molar-refractivity contribution is 6.29. The number of benzene rings is 12. The highest BCUT2D eigenvalue weighted by atomic mass is 14.3. The second kappa shape index (κ2) is 15.2. The lowest BCUT2D eigenvalue weighted by Gasteiger charge is -2.20. The highest BCUT2D eigenvalue weighted by Crippen LogP contribution is 2.59. The molecule has 0 radical (unpaired) electrons. The molecule has 308 valence electrons. The summed E-state index contributed by atoms with van der Waals surface area (Å²) in [5.41, 5.74) is 23.9. The molecule has 14 rings (SSSR count). The van der Waals surface area contributed by atoms with E-state index in [2.05, 4.69) is 244 Å². The van der Waals surface area contributed by atoms with Crippen LogP contribution in [0.1, 0.15) is 11.1 Å². The molecule has 0 aromatic heterocycles. The first-order valence-corrected chi connectivity index (χ1v) is 23.1. The molecule has 12 aromatic carbocycles. The van der Waals surface area contributed by atoms with Gasteiger partial charge < -0.3 is 0 Å². The van der Waals surface area contributed by atoms with Crippen LogP contribution in [0.5, 0.6) is 0 Å². The summed E-state index contributed by atoms with van der Waals surface area (Å²) in [4.78, 5) is 0. The third-order valence-electron chi connectivity index (χ3n) is 14.1. The maximum absolute atomic E-state index is 2.38. The number of fused-ring (bicyclic) bond motifs is 8. The van der Waals surface area contributed by atoms with Crippen molar-refractivity contribution in [1.29, 1.82) is 0 Å². The van der Waals surface area contributed by atoms with E-state index in [0.29, 0.717) is 0 Å². The van der Waals surface area contributed by atoms with Gasteiger partial charge in [-0.2, -0.15) is 0 Å². The molecular weight excluding hydrogens is 793 g/mol. The monoisotopic (exact) mass is 836 g/mol. The smallest absolute Gasteiger partial charge is 0.000732 e. The van der Waals surface area contributed by atoms with Gasteiger partial charge in [0, 0.05) is 0 Å². The molecule has 0 nitrogen and oxygen atoms in total. The second-order valence-electron chi connectivity index (χ2n) is 18.0. The van der Waals surface area contributed by atoms with Crippen LogP contribution in [0.2, 0.25) is 0 Å². The number of hydrogen-bond donors (Lipinski definition) is 0. The van der Waals surface area contributed by atoms with Gasteiger partial charge in [-0.05, 0) is 152 Å². The third kappa shape index (κ3) is 5.78. The van der Waals surface area contributed by atoms with E-state index in [4.69, 9.17) is 0 Å². The minimum Gasteiger partial charge on any atom is -0.0622 e. The van der Waals surface area contributed by atoms with Gasteiger partial charge in [-0.25, -0.2) is 0 Å². The van der Waals surface area contributed by atoms with Crippen molar-refractivity contribution in [3.63, 3.8) is 0 Å². The minimum absolute atomic E-state index is 1.27. The zero-order valence-corrected chi connectivity index (χ0v) is 36.9. The van der Waals surface area contributed by atoms with Crippen molar-refractivity contribution in [1.82, 2.24) is 0 Å². The first kappa shape index (κ1) is 38.2. The molecule has 0 N–H and O–H groups in total. The predicted molar refractivity (Wildman–Crippen MR) is 283 cm³/mol. The lowest BCUT2D eigenvalue weighted by Crippen LogP contribution is -1.93. The van der Waals surface area contributed by atoms with E-state index in [0.717, 1.165) is 0 Å². The molecule has 0 heteroatoms. The zero-order valence-electron chi connectivity index (χ0n) is 36.9. The van der Waals surface area contributed by atoms with Crippen molar-refractivity contribution in [3.05, 3.63) is 242 Å². The molecule has 0 unspecified atom stereocenters. The van der Waals surface area contributed by atoms with Crippen LogP contribution in [-0.2, 0) is 0 Å². The zero-order chi connectivity index (χ0) is 43.9. The van der Waals surface area contributed by atoms with Gasteiger partial charge >= 0.3 is 0 Å². The molecule has 2 aliphatic carbocycles. The standard InChI is InChI=1S/2C33H22/c1-21-19-24-15-10-18-27-29(24)28(20-21)33-31(23-13-6-3-7-14-23)26-17-9-8-16-25(26)30(32(27)33)22-11-4-2-5-12-22;1-21-17-19-24(20-18-21)31-26-14-6-5-13-25(26)30(23-9-3-2-4-10-23)32-27-15-7-11-22-12-8-16-28(29(22)27)33(31)32/h2*2-20H,1H3. The maximum Gasteiger partial charge on any atom is -0.000732 e. The average molecular weight is 837 g/mol. The van der Waals surface area contributed by atoms with Gasteiger partial charge in [0.15, 0.2) is 0 Å². The number of rotatable bonds is 4. The van der Waals surface area contributed by atoms with E-state index in [1.807, 2.05) is 0 Å². The van der Waals surface area contributed by atoms with Crippen LogP contribution >= 0.6 is 0 Å². The van der Waals surface area contributed by atoms with Crippen LogP contribution in [-0.4, -0.2) is 0 Å². The van der Waals surface area contributed by atoms with E-state index in [-0.39, 0.29) is 0 Å². The highest BCUT2D eigenvalue weighted by Gasteiger charge is 2.32. The third-order valence-corrected chi connectivity index (χ3v) is 14.1. The Labute approximate surface area is 385 Å². The number of hydrogen-bond acceptors (Lipinski definition) is 0. The van der Waals surface area contributed by atoms with Crippen molar-refractivity contribution >= 4 is 43.1 Å². The molecule has 0 amide bonds. The molecule has 0 spiro atoms. The van der Waals surface area contributed by atoms with Crippen LogP contribution in [0, 0.1) is 13.8 Å². The number of aryl methyl sites for hydroxylation is 2. The molecule has 0 bridgehead atoms. The fourth-order valence-corrected chi connectivity index (χ4v) is 11.4. The molecule has 66 heavy (non-hydrogen) atoms. The van der Waals surface area contributed by atoms with Gasteiger partial charge in [0.05, 0.1) is 0 Å². The van der Waals surface area contributed by atoms with Crippen molar-refractivity contribution in [2.75, 3.05) is 0 Å². The van der Waals surface area contributed by atoms with Crippen molar-refractivity contribution in [2.24, 2.45) is 0 Å². The Balaban J connectivity index is 0.000000132. The Hall–Kier alpha value is -8.32. The SMILES string of the molecule is Cc1cc2c3c(cccc3c1)-c1c-2c(-c2ccccc2)c2ccccc2c1-c1ccccc1.Cc1ccc(-c2c3c(c(-c4ccccc4)c4ccccc24)-c2cccc4cccc-3c24)cc1. The Bertz CT molecular complexity index is 3850. The van der Waals surface area contributed by atoms with E-state index >= 15 is 0 Å². The summed E-state index contributed by atoms with van der Waals surface area (Å²) < 4.78 is 0. The molecular formula is C66H44. The van der Waals surface area contributed by atoms with Crippen molar-refractivity contribution < 1.29 is 0 Å². The van der Waals surface area contributed by atoms with Crippen LogP contribution in [0.4, 0.5) is 0 Å². The first-order valence-electron chi connectivity index (χ1n) is 23.1. The molecule has 2 aliphatic rings. The first-order chi connectivity index (χ1) is 32.6. The quantitative estimate of drug-likeness (QED) is 0.166. The Kier molecular flexibility index (Phi) is 8.76. The molecule has 0 aliphatic heterocycles. The van der Waals surface area contributed by atoms with E-state index in [1.54, 1.807) is 0 Å². The van der Waals surface area contributed by atoms with Gasteiger partial charge in [0.25, 0.3) is 0 Å². The van der Waals surface area contributed by atoms with Gasteiger partial charge in [-0.3, -0.25) is 0 Å². The average Bonchev–Trinajstić information content (AvgIpc) is 3.87. The Morgan fingerprint density at radius 2 is 0.545 bits per heavy atom. The van der Waals surface area contributed by atoms with Crippen LogP contribution in [0.15, 0.2) is 231 Å². The van der Waals surface area contributed by atoms with Crippen molar-refractivity contribution in [2.45, 2.75) is 13.8 Å². The van der Waals surface area contributed by atoms with Gasteiger partial charge in [0.2, 0.25) is 0 Å². The van der Waals surface area contributed by atoms with E-state index in [1.165, 1.54) is 143 Å². The predicted octanol–water partition coefficient (Wildman–Crippen LogP) is 18.6. The molecule has 0 saturated carbocycles. The fourth-order valence-electron chi connectivity index (χ4n) is 11.4. The summed E-state index contributed by atoms with van der Waals surface area (Å²) in [7, 11) is 0. The topological polar surface area (TPSA) is 0 Å².